The van der Waals surface area contributed by atoms with Gasteiger partial charge in [-0.1, -0.05) is 0 Å². The molecule has 6 heteroatoms. The first-order chi connectivity index (χ1) is 4.89. The molecule has 0 aromatic rings. The van der Waals surface area contributed by atoms with E-state index in [0.29, 0.717) is 0 Å². The summed E-state index contributed by atoms with van der Waals surface area (Å²) in [5.41, 5.74) is 0. The lowest BCUT2D eigenvalue weighted by molar-refractivity contribution is 0.186. The topological polar surface area (TPSA) is 94.8 Å². The number of rotatable bonds is 4. The normalized spacial score (nSPS) is 17.8. The van der Waals surface area contributed by atoms with E-state index in [1.807, 2.05) is 0 Å². The lowest BCUT2D eigenvalue weighted by Gasteiger charge is -2.14. The summed E-state index contributed by atoms with van der Waals surface area (Å²) in [4.78, 5) is 0. The van der Waals surface area contributed by atoms with Crippen molar-refractivity contribution in [3.63, 3.8) is 0 Å². The molecule has 0 spiro atoms. The van der Waals surface area contributed by atoms with Crippen molar-refractivity contribution in [3.05, 3.63) is 6.92 Å². The van der Waals surface area contributed by atoms with Gasteiger partial charge in [0.25, 0.3) is 10.1 Å². The largest absolute Gasteiger partial charge is 0.396 e. The quantitative estimate of drug-likeness (QED) is 0.477. The van der Waals surface area contributed by atoms with Crippen LogP contribution in [0.15, 0.2) is 0 Å². The van der Waals surface area contributed by atoms with Gasteiger partial charge in [0, 0.05) is 6.61 Å². The van der Waals surface area contributed by atoms with Crippen molar-refractivity contribution in [1.29, 1.82) is 0 Å². The molecule has 0 fully saturated rings. The molecule has 0 saturated carbocycles. The van der Waals surface area contributed by atoms with Gasteiger partial charge in [-0.05, 0) is 13.3 Å². The van der Waals surface area contributed by atoms with E-state index in [9.17, 15) is 8.42 Å². The molecule has 0 bridgehead atoms. The molecule has 2 atom stereocenters. The van der Waals surface area contributed by atoms with E-state index < -0.39 is 28.1 Å². The maximum atomic E-state index is 10.4. The third-order valence-corrected chi connectivity index (χ3v) is 2.54. The highest BCUT2D eigenvalue weighted by Gasteiger charge is 2.27. The summed E-state index contributed by atoms with van der Waals surface area (Å²) in [5, 5.41) is 15.7. The van der Waals surface area contributed by atoms with Gasteiger partial charge in [-0.15, -0.1) is 0 Å². The minimum absolute atomic E-state index is 0.219. The van der Waals surface area contributed by atoms with Gasteiger partial charge in [-0.3, -0.25) is 4.55 Å². The maximum Gasteiger partial charge on any atom is 0.270 e. The third kappa shape index (κ3) is 3.66. The van der Waals surface area contributed by atoms with Crippen molar-refractivity contribution in [1.82, 2.24) is 0 Å². The number of aliphatic hydroxyl groups is 2. The Kier molecular flexibility index (Phi) is 3.95. The summed E-state index contributed by atoms with van der Waals surface area (Å²) in [6, 6.07) is 0. The fourth-order valence-electron chi connectivity index (χ4n) is 0.667. The average Bonchev–Trinajstić information content (AvgIpc) is 1.79. The van der Waals surface area contributed by atoms with Crippen LogP contribution in [-0.2, 0) is 10.1 Å². The first-order valence-corrected chi connectivity index (χ1v) is 4.48. The first-order valence-electron chi connectivity index (χ1n) is 2.98. The first kappa shape index (κ1) is 10.8. The van der Waals surface area contributed by atoms with Crippen molar-refractivity contribution in [2.24, 2.45) is 0 Å². The van der Waals surface area contributed by atoms with Crippen molar-refractivity contribution in [2.45, 2.75) is 17.8 Å². The van der Waals surface area contributed by atoms with Crippen LogP contribution >= 0.6 is 0 Å². The van der Waals surface area contributed by atoms with Gasteiger partial charge in [-0.2, -0.15) is 8.42 Å². The summed E-state index contributed by atoms with van der Waals surface area (Å²) in [6.07, 6.45) is -1.64. The zero-order chi connectivity index (χ0) is 9.07. The van der Waals surface area contributed by atoms with Gasteiger partial charge in [0.05, 0.1) is 6.10 Å². The highest BCUT2D eigenvalue weighted by atomic mass is 32.2. The van der Waals surface area contributed by atoms with Crippen LogP contribution in [0.2, 0.25) is 0 Å². The summed E-state index contributed by atoms with van der Waals surface area (Å²) < 4.78 is 29.3. The van der Waals surface area contributed by atoms with Gasteiger partial charge < -0.3 is 10.2 Å². The van der Waals surface area contributed by atoms with E-state index >= 15 is 0 Å². The van der Waals surface area contributed by atoms with Gasteiger partial charge in [0.2, 0.25) is 0 Å². The minimum Gasteiger partial charge on any atom is -0.396 e. The van der Waals surface area contributed by atoms with Gasteiger partial charge >= 0.3 is 0 Å². The molecule has 0 rings (SSSR count). The molecule has 3 N–H and O–H groups in total. The van der Waals surface area contributed by atoms with E-state index in [-0.39, 0.29) is 6.42 Å². The summed E-state index contributed by atoms with van der Waals surface area (Å²) in [6.45, 7) is 2.61. The van der Waals surface area contributed by atoms with E-state index in [0.717, 1.165) is 0 Å². The predicted molar refractivity (Wildman–Crippen MR) is 38.4 cm³/mol. The second kappa shape index (κ2) is 4.01. The Bertz CT molecular complexity index is 195. The van der Waals surface area contributed by atoms with E-state index in [2.05, 4.69) is 6.92 Å². The highest BCUT2D eigenvalue weighted by Crippen LogP contribution is 2.08. The van der Waals surface area contributed by atoms with Crippen LogP contribution in [0.1, 0.15) is 6.42 Å². The van der Waals surface area contributed by atoms with Gasteiger partial charge in [0.15, 0.2) is 0 Å². The Hall–Kier alpha value is -0.170. The Labute approximate surface area is 65.4 Å². The molecule has 0 aliphatic carbocycles. The van der Waals surface area contributed by atoms with Crippen LogP contribution in [0, 0.1) is 6.92 Å². The van der Waals surface area contributed by atoms with Crippen LogP contribution in [0.5, 0.6) is 0 Å². The SMILES string of the molecule is [CH2]C(O)C(CCO)S(=O)(=O)O. The molecule has 0 aliphatic rings. The Balaban J connectivity index is 4.36. The molecule has 0 aromatic heterocycles. The maximum absolute atomic E-state index is 10.4. The molecule has 1 radical (unpaired) electrons. The minimum atomic E-state index is -4.30. The molecule has 0 amide bonds. The molecule has 67 valence electrons. The van der Waals surface area contributed by atoms with E-state index in [1.165, 1.54) is 0 Å². The second-order valence-corrected chi connectivity index (χ2v) is 3.77. The van der Waals surface area contributed by atoms with Crippen molar-refractivity contribution in [3.8, 4) is 0 Å². The number of hydrogen-bond acceptors (Lipinski definition) is 4. The van der Waals surface area contributed by atoms with Crippen LogP contribution in [0.4, 0.5) is 0 Å². The Morgan fingerprint density at radius 3 is 2.00 bits per heavy atom. The van der Waals surface area contributed by atoms with Crippen molar-refractivity contribution >= 4 is 10.1 Å². The fraction of sp³-hybridized carbons (Fsp3) is 0.800. The molecule has 0 heterocycles. The molecular formula is C5H11O5S. The standard InChI is InChI=1S/C5H11O5S/c1-4(7)5(2-3-6)11(8,9)10/h4-7H,1-3H2,(H,8,9,10). The molecule has 2 unspecified atom stereocenters. The summed E-state index contributed by atoms with van der Waals surface area (Å²) >= 11 is 0. The molecule has 0 aliphatic heterocycles. The highest BCUT2D eigenvalue weighted by molar-refractivity contribution is 7.86. The average molecular weight is 183 g/mol. The lowest BCUT2D eigenvalue weighted by atomic mass is 10.2. The third-order valence-electron chi connectivity index (χ3n) is 1.23. The zero-order valence-corrected chi connectivity index (χ0v) is 6.66. The van der Waals surface area contributed by atoms with Gasteiger partial charge in [0.1, 0.15) is 5.25 Å². The molecule has 0 aromatic carbocycles. The van der Waals surface area contributed by atoms with Crippen molar-refractivity contribution < 1.29 is 23.2 Å². The number of hydrogen-bond donors (Lipinski definition) is 3. The van der Waals surface area contributed by atoms with Gasteiger partial charge in [-0.25, -0.2) is 0 Å². The smallest absolute Gasteiger partial charge is 0.270 e. The predicted octanol–water partition coefficient (Wildman–Crippen LogP) is -1.18. The Morgan fingerprint density at radius 1 is 1.45 bits per heavy atom. The molecular weight excluding hydrogens is 172 g/mol. The monoisotopic (exact) mass is 183 g/mol. The van der Waals surface area contributed by atoms with Crippen LogP contribution in [0.3, 0.4) is 0 Å². The van der Waals surface area contributed by atoms with E-state index in [1.54, 1.807) is 0 Å². The van der Waals surface area contributed by atoms with Crippen LogP contribution < -0.4 is 0 Å². The molecule has 0 saturated heterocycles. The Morgan fingerprint density at radius 2 is 1.91 bits per heavy atom. The molecule has 5 nitrogen and oxygen atoms in total. The second-order valence-electron chi connectivity index (χ2n) is 2.13. The summed E-state index contributed by atoms with van der Waals surface area (Å²) in [5.74, 6) is 0. The van der Waals surface area contributed by atoms with E-state index in [4.69, 9.17) is 14.8 Å². The summed E-state index contributed by atoms with van der Waals surface area (Å²) in [7, 11) is -4.30. The molecule has 11 heavy (non-hydrogen) atoms. The zero-order valence-electron chi connectivity index (χ0n) is 5.84. The fourth-order valence-corrected chi connectivity index (χ4v) is 1.47. The lowest BCUT2D eigenvalue weighted by Crippen LogP contribution is -2.32. The van der Waals surface area contributed by atoms with Crippen LogP contribution in [-0.4, -0.2) is 41.1 Å². The number of aliphatic hydroxyl groups excluding tert-OH is 2. The van der Waals surface area contributed by atoms with Crippen LogP contribution in [0.25, 0.3) is 0 Å². The van der Waals surface area contributed by atoms with Crippen molar-refractivity contribution in [2.75, 3.05) is 6.61 Å².